The van der Waals surface area contributed by atoms with Crippen LogP contribution in [0.3, 0.4) is 0 Å². The van der Waals surface area contributed by atoms with Crippen molar-refractivity contribution in [3.05, 3.63) is 0 Å². The summed E-state index contributed by atoms with van der Waals surface area (Å²) in [6.45, 7) is 7.45. The largest absolute Gasteiger partial charge is 0.481 e. The first kappa shape index (κ1) is 24.0. The monoisotopic (exact) mass is 448 g/mol. The van der Waals surface area contributed by atoms with Gasteiger partial charge in [-0.25, -0.2) is 4.79 Å². The fourth-order valence-electron chi connectivity index (χ4n) is 9.19. The van der Waals surface area contributed by atoms with Gasteiger partial charge in [0.05, 0.1) is 0 Å². The fraction of sp³-hybridized carbons (Fsp3) is 0.926. The zero-order valence-corrected chi connectivity index (χ0v) is 20.6. The molecule has 1 N–H and O–H groups in total. The van der Waals surface area contributed by atoms with Crippen LogP contribution in [0.2, 0.25) is 0 Å². The summed E-state index contributed by atoms with van der Waals surface area (Å²) in [4.78, 5) is 23.0. The van der Waals surface area contributed by atoms with E-state index in [1.807, 2.05) is 0 Å². The molecule has 0 heterocycles. The maximum atomic E-state index is 11.9. The Labute approximate surface area is 194 Å². The summed E-state index contributed by atoms with van der Waals surface area (Å²) in [6, 6.07) is 0. The van der Waals surface area contributed by atoms with Crippen LogP contribution in [0.4, 0.5) is 0 Å². The maximum absolute atomic E-state index is 11.9. The second-order valence-corrected chi connectivity index (χ2v) is 12.1. The van der Waals surface area contributed by atoms with Crippen LogP contribution < -0.4 is 0 Å². The van der Waals surface area contributed by atoms with Crippen molar-refractivity contribution < 1.29 is 24.2 Å². The van der Waals surface area contributed by atoms with E-state index in [1.165, 1.54) is 52.1 Å². The number of hydrogen-bond donors (Lipinski definition) is 1. The number of ether oxygens (including phenoxy) is 2. The summed E-state index contributed by atoms with van der Waals surface area (Å²) in [5.74, 6) is 3.37. The zero-order chi connectivity index (χ0) is 23.1. The maximum Gasteiger partial charge on any atom is 0.332 e. The minimum absolute atomic E-state index is 0.0510. The van der Waals surface area contributed by atoms with Gasteiger partial charge in [0.15, 0.2) is 0 Å². The van der Waals surface area contributed by atoms with Gasteiger partial charge in [-0.3, -0.25) is 4.79 Å². The van der Waals surface area contributed by atoms with Crippen molar-refractivity contribution in [2.45, 2.75) is 97.5 Å². The Bertz CT molecular complexity index is 706. The number of carboxylic acid groups (broad SMARTS) is 1. The van der Waals surface area contributed by atoms with Gasteiger partial charge < -0.3 is 14.6 Å². The smallest absolute Gasteiger partial charge is 0.332 e. The molecule has 0 aromatic heterocycles. The van der Waals surface area contributed by atoms with Gasteiger partial charge >= 0.3 is 11.9 Å². The van der Waals surface area contributed by atoms with Crippen LogP contribution in [0.5, 0.6) is 0 Å². The lowest BCUT2D eigenvalue weighted by atomic mass is 9.44. The Morgan fingerprint density at radius 3 is 2.44 bits per heavy atom. The van der Waals surface area contributed by atoms with Gasteiger partial charge in [-0.15, -0.1) is 0 Å². The molecule has 0 aromatic rings. The molecule has 5 heteroatoms. The van der Waals surface area contributed by atoms with Crippen LogP contribution >= 0.6 is 0 Å². The van der Waals surface area contributed by atoms with E-state index in [4.69, 9.17) is 14.6 Å². The number of carbonyl (C=O) groups excluding carboxylic acids is 1. The van der Waals surface area contributed by atoms with Crippen molar-refractivity contribution in [2.24, 2.45) is 46.3 Å². The predicted molar refractivity (Wildman–Crippen MR) is 123 cm³/mol. The Hall–Kier alpha value is -1.10. The van der Waals surface area contributed by atoms with Gasteiger partial charge in [-0.2, -0.15) is 0 Å². The molecule has 32 heavy (non-hydrogen) atoms. The van der Waals surface area contributed by atoms with E-state index in [1.54, 1.807) is 0 Å². The molecule has 4 saturated carbocycles. The van der Waals surface area contributed by atoms with Crippen LogP contribution in [0.1, 0.15) is 91.4 Å². The fourth-order valence-corrected chi connectivity index (χ4v) is 9.19. The number of fused-ring (bicyclic) bond motifs is 5. The molecule has 9 atom stereocenters. The van der Waals surface area contributed by atoms with E-state index < -0.39 is 5.97 Å². The average Bonchev–Trinajstić information content (AvgIpc) is 3.09. The number of hydrogen-bond acceptors (Lipinski definition) is 4. The molecule has 0 bridgehead atoms. The van der Waals surface area contributed by atoms with Crippen LogP contribution in [0.15, 0.2) is 0 Å². The van der Waals surface area contributed by atoms with Crippen LogP contribution in [-0.2, 0) is 19.1 Å². The van der Waals surface area contributed by atoms with Gasteiger partial charge in [0.25, 0.3) is 0 Å². The third-order valence-electron chi connectivity index (χ3n) is 10.8. The number of rotatable bonds is 7. The molecule has 0 radical (unpaired) electrons. The third-order valence-corrected chi connectivity index (χ3v) is 10.8. The van der Waals surface area contributed by atoms with Crippen molar-refractivity contribution in [1.29, 1.82) is 0 Å². The van der Waals surface area contributed by atoms with E-state index in [0.29, 0.717) is 35.0 Å². The number of aliphatic carboxylic acids is 1. The van der Waals surface area contributed by atoms with Crippen LogP contribution in [-0.4, -0.2) is 36.9 Å². The molecule has 0 amide bonds. The number of methoxy groups -OCH3 is 1. The highest BCUT2D eigenvalue weighted by molar-refractivity contribution is 5.70. The van der Waals surface area contributed by atoms with Gasteiger partial charge in [-0.1, -0.05) is 20.8 Å². The second kappa shape index (κ2) is 9.27. The van der Waals surface area contributed by atoms with Gasteiger partial charge in [0.1, 0.15) is 12.7 Å². The molecule has 4 fully saturated rings. The summed E-state index contributed by atoms with van der Waals surface area (Å²) in [5.41, 5.74) is 0.761. The molecule has 5 nitrogen and oxygen atoms in total. The van der Waals surface area contributed by atoms with Crippen molar-refractivity contribution >= 4 is 11.9 Å². The number of esters is 1. The highest BCUT2D eigenvalue weighted by atomic mass is 16.6. The SMILES string of the molecule is COCC(=O)O[C@H]1CC[C@@]2(C)[C@H](CC[C@@H]3[C@@H]2CC[C@]2(C)[C@@H]([C@H](C)CCC(=O)O)CC[C@@H]32)C1. The highest BCUT2D eigenvalue weighted by Crippen LogP contribution is 2.68. The summed E-state index contributed by atoms with van der Waals surface area (Å²) in [6.07, 6.45) is 12.2. The molecule has 4 aliphatic rings. The zero-order valence-electron chi connectivity index (χ0n) is 20.6. The lowest BCUT2D eigenvalue weighted by Gasteiger charge is -2.61. The number of carboxylic acids is 1. The topological polar surface area (TPSA) is 72.8 Å². The molecule has 4 aliphatic carbocycles. The molecule has 0 unspecified atom stereocenters. The molecular formula is C27H44O5. The minimum Gasteiger partial charge on any atom is -0.481 e. The molecule has 0 spiro atoms. The van der Waals surface area contributed by atoms with Crippen molar-refractivity contribution in [3.63, 3.8) is 0 Å². The Kier molecular flexibility index (Phi) is 6.96. The number of carbonyl (C=O) groups is 2. The lowest BCUT2D eigenvalue weighted by molar-refractivity contribution is -0.166. The Morgan fingerprint density at radius 2 is 1.72 bits per heavy atom. The second-order valence-electron chi connectivity index (χ2n) is 12.1. The molecule has 0 aliphatic heterocycles. The van der Waals surface area contributed by atoms with E-state index >= 15 is 0 Å². The van der Waals surface area contributed by atoms with E-state index in [-0.39, 0.29) is 18.7 Å². The molecular weight excluding hydrogens is 404 g/mol. The first-order valence-electron chi connectivity index (χ1n) is 13.1. The molecule has 4 rings (SSSR count). The first-order valence-corrected chi connectivity index (χ1v) is 13.1. The standard InChI is InChI=1S/C27H44O5/c1-17(5-10-24(28)29)21-8-9-22-20-7-6-18-15-19(32-25(30)16-31-4)11-13-26(18,2)23(20)12-14-27(21,22)3/h17-23H,5-16H2,1-4H3,(H,28,29)/t17-,18-,19+,20+,21-,22+,23+,26+,27-/m1/s1. The Balaban J connectivity index is 1.43. The normalized spacial score (nSPS) is 44.1. The van der Waals surface area contributed by atoms with Crippen molar-refractivity contribution in [3.8, 4) is 0 Å². The quantitative estimate of drug-likeness (QED) is 0.505. The molecule has 0 saturated heterocycles. The minimum atomic E-state index is -0.657. The summed E-state index contributed by atoms with van der Waals surface area (Å²) < 4.78 is 10.7. The first-order chi connectivity index (χ1) is 15.2. The van der Waals surface area contributed by atoms with E-state index in [0.717, 1.165) is 37.0 Å². The van der Waals surface area contributed by atoms with Crippen LogP contribution in [0, 0.1) is 46.3 Å². The van der Waals surface area contributed by atoms with Crippen molar-refractivity contribution in [2.75, 3.05) is 13.7 Å². The predicted octanol–water partition coefficient (Wildman–Crippen LogP) is 5.70. The lowest BCUT2D eigenvalue weighted by Crippen LogP contribution is -2.54. The van der Waals surface area contributed by atoms with E-state index in [9.17, 15) is 9.59 Å². The molecule has 182 valence electrons. The van der Waals surface area contributed by atoms with Gasteiger partial charge in [0, 0.05) is 13.5 Å². The highest BCUT2D eigenvalue weighted by Gasteiger charge is 2.60. The molecule has 0 aromatic carbocycles. The van der Waals surface area contributed by atoms with Crippen molar-refractivity contribution in [1.82, 2.24) is 0 Å². The van der Waals surface area contributed by atoms with Gasteiger partial charge in [-0.05, 0) is 111 Å². The summed E-state index contributed by atoms with van der Waals surface area (Å²) >= 11 is 0. The Morgan fingerprint density at radius 1 is 1.00 bits per heavy atom. The summed E-state index contributed by atoms with van der Waals surface area (Å²) in [7, 11) is 1.54. The van der Waals surface area contributed by atoms with E-state index in [2.05, 4.69) is 20.8 Å². The van der Waals surface area contributed by atoms with Gasteiger partial charge in [0.2, 0.25) is 0 Å². The third kappa shape index (κ3) is 4.23. The average molecular weight is 449 g/mol. The summed E-state index contributed by atoms with van der Waals surface area (Å²) in [5, 5.41) is 9.15. The van der Waals surface area contributed by atoms with Crippen LogP contribution in [0.25, 0.3) is 0 Å².